The Hall–Kier alpha value is -1.43. The first-order chi connectivity index (χ1) is 9.17. The lowest BCUT2D eigenvalue weighted by Gasteiger charge is -2.07. The fourth-order valence-electron chi connectivity index (χ4n) is 1.45. The maximum Gasteiger partial charge on any atom is 0.251 e. The molecule has 0 aromatic carbocycles. The zero-order chi connectivity index (χ0) is 14.1. The first kappa shape index (κ1) is 15.6. The molecule has 1 aromatic rings. The minimum Gasteiger partial charge on any atom is -0.370 e. The van der Waals surface area contributed by atoms with Crippen molar-refractivity contribution in [2.45, 2.75) is 20.3 Å². The summed E-state index contributed by atoms with van der Waals surface area (Å²) in [5.41, 5.74) is 0.566. The number of nitrogens with zero attached hydrogens (tertiary/aromatic N) is 1. The molecule has 5 nitrogen and oxygen atoms in total. The Morgan fingerprint density at radius 3 is 2.84 bits per heavy atom. The number of amides is 1. The molecule has 0 bridgehead atoms. The van der Waals surface area contributed by atoms with E-state index < -0.39 is 10.8 Å². The van der Waals surface area contributed by atoms with Gasteiger partial charge >= 0.3 is 0 Å². The van der Waals surface area contributed by atoms with Crippen LogP contribution in [-0.4, -0.2) is 39.7 Å². The zero-order valence-electron chi connectivity index (χ0n) is 11.4. The Morgan fingerprint density at radius 1 is 1.37 bits per heavy atom. The van der Waals surface area contributed by atoms with Crippen molar-refractivity contribution < 1.29 is 9.00 Å². The molecule has 1 aromatic heterocycles. The third-order valence-corrected chi connectivity index (χ3v) is 3.82. The van der Waals surface area contributed by atoms with E-state index in [1.54, 1.807) is 18.3 Å². The molecule has 1 unspecified atom stereocenters. The summed E-state index contributed by atoms with van der Waals surface area (Å²) in [6, 6.07) is 3.39. The number of hydrogen-bond acceptors (Lipinski definition) is 4. The Kier molecular flexibility index (Phi) is 7.10. The molecule has 6 heteroatoms. The van der Waals surface area contributed by atoms with Crippen molar-refractivity contribution in [3.63, 3.8) is 0 Å². The third-order valence-electron chi connectivity index (χ3n) is 2.52. The standard InChI is InChI=1S/C13H21N3O2S/c1-3-6-14-12-10-11(5-7-15-12)13(17)16-8-9-19(18)4-2/h5,7,10H,3-4,6,8-9H2,1-2H3,(H,14,15)(H,16,17). The highest BCUT2D eigenvalue weighted by Crippen LogP contribution is 2.06. The van der Waals surface area contributed by atoms with Crippen molar-refractivity contribution in [1.82, 2.24) is 10.3 Å². The van der Waals surface area contributed by atoms with Gasteiger partial charge in [0.05, 0.1) is 0 Å². The highest BCUT2D eigenvalue weighted by Gasteiger charge is 2.06. The van der Waals surface area contributed by atoms with Gasteiger partial charge in [0, 0.05) is 47.2 Å². The van der Waals surface area contributed by atoms with Crippen molar-refractivity contribution in [1.29, 1.82) is 0 Å². The van der Waals surface area contributed by atoms with Crippen LogP contribution in [0.25, 0.3) is 0 Å². The van der Waals surface area contributed by atoms with E-state index in [1.165, 1.54) is 0 Å². The predicted molar refractivity (Wildman–Crippen MR) is 78.9 cm³/mol. The monoisotopic (exact) mass is 283 g/mol. The van der Waals surface area contributed by atoms with Gasteiger partial charge < -0.3 is 10.6 Å². The normalized spacial score (nSPS) is 11.9. The second-order valence-corrected chi connectivity index (χ2v) is 5.91. The van der Waals surface area contributed by atoms with E-state index >= 15 is 0 Å². The van der Waals surface area contributed by atoms with Crippen LogP contribution >= 0.6 is 0 Å². The fourth-order valence-corrected chi connectivity index (χ4v) is 2.06. The third kappa shape index (κ3) is 5.83. The van der Waals surface area contributed by atoms with Crippen molar-refractivity contribution in [2.75, 3.05) is 29.9 Å². The van der Waals surface area contributed by atoms with Crippen LogP contribution in [-0.2, 0) is 10.8 Å². The van der Waals surface area contributed by atoms with E-state index in [9.17, 15) is 9.00 Å². The SMILES string of the molecule is CCCNc1cc(C(=O)NCCS(=O)CC)ccn1. The molecule has 0 aliphatic rings. The van der Waals surface area contributed by atoms with E-state index in [4.69, 9.17) is 0 Å². The molecule has 1 amide bonds. The van der Waals surface area contributed by atoms with Gasteiger partial charge in [0.2, 0.25) is 0 Å². The summed E-state index contributed by atoms with van der Waals surface area (Å²) in [6.45, 7) is 5.19. The van der Waals surface area contributed by atoms with Crippen LogP contribution in [0.4, 0.5) is 5.82 Å². The lowest BCUT2D eigenvalue weighted by molar-refractivity contribution is 0.0956. The molecule has 1 atom stereocenters. The Bertz CT molecular complexity index is 438. The molecule has 0 aliphatic carbocycles. The van der Waals surface area contributed by atoms with Crippen LogP contribution < -0.4 is 10.6 Å². The minimum absolute atomic E-state index is 0.157. The lowest BCUT2D eigenvalue weighted by Crippen LogP contribution is -2.28. The first-order valence-corrected chi connectivity index (χ1v) is 7.99. The summed E-state index contributed by atoms with van der Waals surface area (Å²) in [5, 5.41) is 5.89. The molecule has 1 rings (SSSR count). The van der Waals surface area contributed by atoms with Gasteiger partial charge in [-0.05, 0) is 18.6 Å². The molecule has 0 saturated heterocycles. The first-order valence-electron chi connectivity index (χ1n) is 6.50. The van der Waals surface area contributed by atoms with Gasteiger partial charge in [0.15, 0.2) is 0 Å². The van der Waals surface area contributed by atoms with Gasteiger partial charge in [-0.15, -0.1) is 0 Å². The number of pyridine rings is 1. The van der Waals surface area contributed by atoms with Crippen LogP contribution in [0.15, 0.2) is 18.3 Å². The van der Waals surface area contributed by atoms with Gasteiger partial charge in [-0.25, -0.2) is 4.98 Å². The average molecular weight is 283 g/mol. The number of hydrogen-bond donors (Lipinski definition) is 2. The van der Waals surface area contributed by atoms with E-state index in [-0.39, 0.29) is 5.91 Å². The van der Waals surface area contributed by atoms with Gasteiger partial charge in [-0.2, -0.15) is 0 Å². The topological polar surface area (TPSA) is 71.1 Å². The van der Waals surface area contributed by atoms with Crippen LogP contribution in [0, 0.1) is 0 Å². The number of carbonyl (C=O) groups excluding carboxylic acids is 1. The molecule has 1 heterocycles. The van der Waals surface area contributed by atoms with Gasteiger partial charge in [-0.3, -0.25) is 9.00 Å². The summed E-state index contributed by atoms with van der Waals surface area (Å²) in [7, 11) is -0.848. The Morgan fingerprint density at radius 2 is 2.16 bits per heavy atom. The smallest absolute Gasteiger partial charge is 0.251 e. The molecule has 0 saturated carbocycles. The summed E-state index contributed by atoms with van der Waals surface area (Å²) < 4.78 is 11.2. The molecule has 19 heavy (non-hydrogen) atoms. The zero-order valence-corrected chi connectivity index (χ0v) is 12.3. The minimum atomic E-state index is -0.848. The van der Waals surface area contributed by atoms with Crippen molar-refractivity contribution in [3.8, 4) is 0 Å². The summed E-state index contributed by atoms with van der Waals surface area (Å²) in [4.78, 5) is 16.0. The highest BCUT2D eigenvalue weighted by atomic mass is 32.2. The largest absolute Gasteiger partial charge is 0.370 e. The van der Waals surface area contributed by atoms with Crippen LogP contribution in [0.2, 0.25) is 0 Å². The van der Waals surface area contributed by atoms with E-state index in [0.29, 0.717) is 29.4 Å². The number of carbonyl (C=O) groups is 1. The summed E-state index contributed by atoms with van der Waals surface area (Å²) in [6.07, 6.45) is 2.61. The van der Waals surface area contributed by atoms with E-state index in [0.717, 1.165) is 13.0 Å². The molecule has 0 aliphatic heterocycles. The summed E-state index contributed by atoms with van der Waals surface area (Å²) >= 11 is 0. The molecular weight excluding hydrogens is 262 g/mol. The Labute approximate surface area is 116 Å². The van der Waals surface area contributed by atoms with Crippen LogP contribution in [0.5, 0.6) is 0 Å². The maximum absolute atomic E-state index is 11.9. The molecule has 0 radical (unpaired) electrons. The summed E-state index contributed by atoms with van der Waals surface area (Å²) in [5.74, 6) is 1.66. The highest BCUT2D eigenvalue weighted by molar-refractivity contribution is 7.84. The second kappa shape index (κ2) is 8.63. The fraction of sp³-hybridized carbons (Fsp3) is 0.538. The maximum atomic E-state index is 11.9. The van der Waals surface area contributed by atoms with Crippen molar-refractivity contribution in [3.05, 3.63) is 23.9 Å². The van der Waals surface area contributed by atoms with Crippen LogP contribution in [0.3, 0.4) is 0 Å². The number of aromatic nitrogens is 1. The molecular formula is C13H21N3O2S. The number of rotatable bonds is 8. The van der Waals surface area contributed by atoms with E-state index in [1.807, 2.05) is 6.92 Å². The molecule has 0 spiro atoms. The van der Waals surface area contributed by atoms with Gasteiger partial charge in [-0.1, -0.05) is 13.8 Å². The van der Waals surface area contributed by atoms with E-state index in [2.05, 4.69) is 22.5 Å². The Balaban J connectivity index is 2.49. The van der Waals surface area contributed by atoms with Gasteiger partial charge in [0.1, 0.15) is 5.82 Å². The number of anilines is 1. The predicted octanol–water partition coefficient (Wildman–Crippen LogP) is 1.40. The number of nitrogens with one attached hydrogen (secondary N) is 2. The molecule has 0 fully saturated rings. The van der Waals surface area contributed by atoms with Gasteiger partial charge in [0.25, 0.3) is 5.91 Å². The molecule has 106 valence electrons. The van der Waals surface area contributed by atoms with Crippen molar-refractivity contribution >= 4 is 22.5 Å². The quantitative estimate of drug-likeness (QED) is 0.756. The second-order valence-electron chi connectivity index (χ2n) is 4.05. The van der Waals surface area contributed by atoms with Crippen molar-refractivity contribution in [2.24, 2.45) is 0 Å². The molecule has 2 N–H and O–H groups in total. The lowest BCUT2D eigenvalue weighted by atomic mass is 10.2. The van der Waals surface area contributed by atoms with Crippen LogP contribution in [0.1, 0.15) is 30.6 Å². The average Bonchev–Trinajstić information content (AvgIpc) is 2.45.